The largest absolute Gasteiger partial charge is 0.332 e. The fourth-order valence-electron chi connectivity index (χ4n) is 1.36. The van der Waals surface area contributed by atoms with E-state index in [0.717, 1.165) is 10.4 Å². The maximum Gasteiger partial charge on any atom is 0.257 e. The van der Waals surface area contributed by atoms with Crippen molar-refractivity contribution in [3.63, 3.8) is 0 Å². The summed E-state index contributed by atoms with van der Waals surface area (Å²) in [6.45, 7) is 3.98. The van der Waals surface area contributed by atoms with Gasteiger partial charge in [0.05, 0.1) is 6.20 Å². The van der Waals surface area contributed by atoms with Crippen molar-refractivity contribution in [1.29, 1.82) is 0 Å². The maximum absolute atomic E-state index is 11.9. The quantitative estimate of drug-likeness (QED) is 0.886. The van der Waals surface area contributed by atoms with Crippen molar-refractivity contribution < 1.29 is 8.42 Å². The zero-order valence-corrected chi connectivity index (χ0v) is 11.2. The monoisotopic (exact) mass is 271 g/mol. The smallest absolute Gasteiger partial charge is 0.257 e. The molecule has 17 heavy (non-hydrogen) atoms. The number of rotatable bonds is 4. The molecule has 0 fully saturated rings. The van der Waals surface area contributed by atoms with Crippen molar-refractivity contribution >= 4 is 21.4 Å². The Hall–Kier alpha value is -1.18. The highest BCUT2D eigenvalue weighted by atomic mass is 32.2. The second-order valence-electron chi connectivity index (χ2n) is 3.68. The van der Waals surface area contributed by atoms with E-state index in [4.69, 9.17) is 0 Å². The van der Waals surface area contributed by atoms with Crippen LogP contribution in [0.25, 0.3) is 0 Å². The van der Waals surface area contributed by atoms with Crippen molar-refractivity contribution in [3.05, 3.63) is 33.9 Å². The van der Waals surface area contributed by atoms with Crippen LogP contribution in [0.1, 0.15) is 16.3 Å². The normalized spacial score (nSPS) is 11.9. The number of aromatic amines is 1. The minimum atomic E-state index is -3.49. The van der Waals surface area contributed by atoms with Crippen molar-refractivity contribution in [2.45, 2.75) is 25.4 Å². The molecular formula is C10H13N3O2S2. The molecule has 0 radical (unpaired) electrons. The first-order valence-corrected chi connectivity index (χ1v) is 7.39. The molecule has 2 aromatic rings. The molecule has 0 unspecified atom stereocenters. The third kappa shape index (κ3) is 2.74. The standard InChI is InChI=1S/C10H13N3O2S2/c1-7-3-4-16-9(7)5-12-17(14,15)10-6-11-8(2)13-10/h3-4,6,12H,5H2,1-2H3,(H,11,13). The number of aromatic nitrogens is 2. The average Bonchev–Trinajstić information content (AvgIpc) is 2.85. The molecule has 92 valence electrons. The summed E-state index contributed by atoms with van der Waals surface area (Å²) < 4.78 is 26.3. The Labute approximate surface area is 104 Å². The summed E-state index contributed by atoms with van der Waals surface area (Å²) in [7, 11) is -3.49. The molecule has 2 N–H and O–H groups in total. The number of nitrogens with one attached hydrogen (secondary N) is 2. The van der Waals surface area contributed by atoms with Gasteiger partial charge in [0.1, 0.15) is 5.82 Å². The molecule has 0 spiro atoms. The third-order valence-corrected chi connectivity index (χ3v) is 4.69. The van der Waals surface area contributed by atoms with Crippen molar-refractivity contribution in [2.75, 3.05) is 0 Å². The summed E-state index contributed by atoms with van der Waals surface area (Å²) in [4.78, 5) is 7.59. The predicted octanol–water partition coefficient (Wildman–Crippen LogP) is 1.57. The van der Waals surface area contributed by atoms with Crippen molar-refractivity contribution in [1.82, 2.24) is 14.7 Å². The highest BCUT2D eigenvalue weighted by molar-refractivity contribution is 7.89. The van der Waals surface area contributed by atoms with Crippen molar-refractivity contribution in [3.8, 4) is 0 Å². The second kappa shape index (κ2) is 4.59. The number of H-pyrrole nitrogens is 1. The lowest BCUT2D eigenvalue weighted by atomic mass is 10.3. The number of aryl methyl sites for hydroxylation is 2. The summed E-state index contributed by atoms with van der Waals surface area (Å²) in [5, 5.41) is 2.04. The predicted molar refractivity (Wildman–Crippen MR) is 66.4 cm³/mol. The third-order valence-electron chi connectivity index (χ3n) is 2.36. The fourth-order valence-corrected chi connectivity index (χ4v) is 3.26. The molecule has 5 nitrogen and oxygen atoms in total. The maximum atomic E-state index is 11.9. The summed E-state index contributed by atoms with van der Waals surface area (Å²) >= 11 is 1.54. The van der Waals surface area contributed by atoms with Crippen LogP contribution >= 0.6 is 11.3 Å². The SMILES string of the molecule is Cc1ncc(S(=O)(=O)NCc2sccc2C)[nH]1. The van der Waals surface area contributed by atoms with Gasteiger partial charge in [0.15, 0.2) is 5.03 Å². The van der Waals surface area contributed by atoms with Crippen LogP contribution in [0.5, 0.6) is 0 Å². The Morgan fingerprint density at radius 2 is 2.24 bits per heavy atom. The van der Waals surface area contributed by atoms with E-state index in [-0.39, 0.29) is 5.03 Å². The van der Waals surface area contributed by atoms with Gasteiger partial charge >= 0.3 is 0 Å². The minimum absolute atomic E-state index is 0.101. The summed E-state index contributed by atoms with van der Waals surface area (Å²) in [6, 6.07) is 1.97. The van der Waals surface area contributed by atoms with E-state index in [1.54, 1.807) is 6.92 Å². The lowest BCUT2D eigenvalue weighted by molar-refractivity contribution is 0.578. The van der Waals surface area contributed by atoms with Crippen LogP contribution in [-0.4, -0.2) is 18.4 Å². The van der Waals surface area contributed by atoms with E-state index in [0.29, 0.717) is 12.4 Å². The lowest BCUT2D eigenvalue weighted by Gasteiger charge is -2.03. The molecule has 0 aliphatic heterocycles. The first-order valence-electron chi connectivity index (χ1n) is 5.03. The van der Waals surface area contributed by atoms with Gasteiger partial charge in [-0.3, -0.25) is 0 Å². The molecule has 0 saturated carbocycles. The van der Waals surface area contributed by atoms with Gasteiger partial charge in [0, 0.05) is 11.4 Å². The first-order chi connectivity index (χ1) is 7.99. The Kier molecular flexibility index (Phi) is 3.32. The van der Waals surface area contributed by atoms with Gasteiger partial charge < -0.3 is 4.98 Å². The van der Waals surface area contributed by atoms with Crippen LogP contribution in [0.4, 0.5) is 0 Å². The zero-order valence-electron chi connectivity index (χ0n) is 9.52. The first kappa shape index (κ1) is 12.3. The number of sulfonamides is 1. The van der Waals surface area contributed by atoms with E-state index in [1.165, 1.54) is 17.5 Å². The van der Waals surface area contributed by atoms with E-state index >= 15 is 0 Å². The number of thiophene rings is 1. The number of hydrogen-bond acceptors (Lipinski definition) is 4. The highest BCUT2D eigenvalue weighted by Gasteiger charge is 2.16. The molecular weight excluding hydrogens is 258 g/mol. The molecule has 0 aliphatic rings. The van der Waals surface area contributed by atoms with E-state index in [2.05, 4.69) is 14.7 Å². The molecule has 0 amide bonds. The van der Waals surface area contributed by atoms with Gasteiger partial charge in [0.25, 0.3) is 10.0 Å². The summed E-state index contributed by atoms with van der Waals surface area (Å²) in [5.41, 5.74) is 1.10. The highest BCUT2D eigenvalue weighted by Crippen LogP contribution is 2.16. The van der Waals surface area contributed by atoms with Crippen LogP contribution in [0, 0.1) is 13.8 Å². The van der Waals surface area contributed by atoms with Crippen LogP contribution in [-0.2, 0) is 16.6 Å². The van der Waals surface area contributed by atoms with E-state index in [1.807, 2.05) is 18.4 Å². The van der Waals surface area contributed by atoms with Gasteiger partial charge in [-0.2, -0.15) is 0 Å². The number of imidazole rings is 1. The molecule has 2 aromatic heterocycles. The molecule has 2 heterocycles. The summed E-state index contributed by atoms with van der Waals surface area (Å²) in [5.74, 6) is 0.581. The number of nitrogens with zero attached hydrogens (tertiary/aromatic N) is 1. The Morgan fingerprint density at radius 3 is 2.76 bits per heavy atom. The van der Waals surface area contributed by atoms with Crippen LogP contribution in [0.3, 0.4) is 0 Å². The molecule has 0 bridgehead atoms. The Bertz CT molecular complexity index is 613. The Balaban J connectivity index is 2.11. The van der Waals surface area contributed by atoms with Crippen LogP contribution < -0.4 is 4.72 Å². The van der Waals surface area contributed by atoms with Crippen LogP contribution in [0.15, 0.2) is 22.7 Å². The van der Waals surface area contributed by atoms with Gasteiger partial charge in [-0.1, -0.05) is 0 Å². The van der Waals surface area contributed by atoms with Gasteiger partial charge in [-0.15, -0.1) is 11.3 Å². The van der Waals surface area contributed by atoms with Gasteiger partial charge in [-0.25, -0.2) is 18.1 Å². The van der Waals surface area contributed by atoms with Gasteiger partial charge in [-0.05, 0) is 30.9 Å². The van der Waals surface area contributed by atoms with Gasteiger partial charge in [0.2, 0.25) is 0 Å². The molecule has 0 saturated heterocycles. The molecule has 0 aliphatic carbocycles. The molecule has 7 heteroatoms. The minimum Gasteiger partial charge on any atom is -0.332 e. The van der Waals surface area contributed by atoms with E-state index in [9.17, 15) is 8.42 Å². The average molecular weight is 271 g/mol. The molecule has 2 rings (SSSR count). The lowest BCUT2D eigenvalue weighted by Crippen LogP contribution is -2.23. The van der Waals surface area contributed by atoms with E-state index < -0.39 is 10.0 Å². The zero-order chi connectivity index (χ0) is 12.5. The number of hydrogen-bond donors (Lipinski definition) is 2. The topological polar surface area (TPSA) is 74.8 Å². The molecule has 0 atom stereocenters. The Morgan fingerprint density at radius 1 is 1.47 bits per heavy atom. The van der Waals surface area contributed by atoms with Crippen molar-refractivity contribution in [2.24, 2.45) is 0 Å². The fraction of sp³-hybridized carbons (Fsp3) is 0.300. The summed E-state index contributed by atoms with van der Waals surface area (Å²) in [6.07, 6.45) is 1.32. The molecule has 0 aromatic carbocycles. The second-order valence-corrected chi connectivity index (χ2v) is 6.42. The van der Waals surface area contributed by atoms with Crippen LogP contribution in [0.2, 0.25) is 0 Å².